The van der Waals surface area contributed by atoms with Gasteiger partial charge in [0.15, 0.2) is 0 Å². The molecule has 3 aromatic rings. The summed E-state index contributed by atoms with van der Waals surface area (Å²) in [7, 11) is -4.16. The number of anilines is 1. The molecule has 0 fully saturated rings. The second-order valence-corrected chi connectivity index (χ2v) is 12.4. The van der Waals surface area contributed by atoms with Crippen LogP contribution in [0.15, 0.2) is 71.6 Å². The largest absolute Gasteiger partial charge is 0.354 e. The molecule has 1 atom stereocenters. The number of benzene rings is 3. The normalized spacial score (nSPS) is 12.1. The number of nitrogens with zero attached hydrogens (tertiary/aromatic N) is 2. The zero-order valence-electron chi connectivity index (χ0n) is 23.2. The van der Waals surface area contributed by atoms with Gasteiger partial charge >= 0.3 is 0 Å². The lowest BCUT2D eigenvalue weighted by molar-refractivity contribution is -0.140. The topological polar surface area (TPSA) is 86.8 Å². The number of carbonyl (C=O) groups excluding carboxylic acids is 2. The second-order valence-electron chi connectivity index (χ2n) is 9.62. The monoisotopic (exact) mass is 603 g/mol. The summed E-state index contributed by atoms with van der Waals surface area (Å²) in [4.78, 5) is 28.7. The van der Waals surface area contributed by atoms with Crippen LogP contribution in [0.1, 0.15) is 43.4 Å². The summed E-state index contributed by atoms with van der Waals surface area (Å²) in [6, 6.07) is 17.5. The molecule has 1 N–H and O–H groups in total. The van der Waals surface area contributed by atoms with Crippen molar-refractivity contribution in [1.29, 1.82) is 0 Å². The van der Waals surface area contributed by atoms with Crippen molar-refractivity contribution in [3.05, 3.63) is 93.5 Å². The van der Waals surface area contributed by atoms with Crippen LogP contribution < -0.4 is 9.62 Å². The maximum Gasteiger partial charge on any atom is 0.264 e. The van der Waals surface area contributed by atoms with Crippen molar-refractivity contribution >= 4 is 50.7 Å². The Kier molecular flexibility index (Phi) is 11.0. The molecule has 0 unspecified atom stereocenters. The van der Waals surface area contributed by atoms with Crippen LogP contribution in [0.25, 0.3) is 0 Å². The zero-order chi connectivity index (χ0) is 29.4. The van der Waals surface area contributed by atoms with Gasteiger partial charge in [0.05, 0.1) is 10.6 Å². The molecule has 0 aliphatic carbocycles. The molecular weight excluding hydrogens is 569 g/mol. The molecule has 0 radical (unpaired) electrons. The highest BCUT2D eigenvalue weighted by atomic mass is 35.5. The molecule has 3 aromatic carbocycles. The number of carbonyl (C=O) groups is 2. The highest BCUT2D eigenvalue weighted by molar-refractivity contribution is 7.92. The van der Waals surface area contributed by atoms with Crippen LogP contribution in [-0.2, 0) is 26.2 Å². The fourth-order valence-electron chi connectivity index (χ4n) is 4.32. The average Bonchev–Trinajstić information content (AvgIpc) is 2.92. The third-order valence-corrected chi connectivity index (χ3v) is 8.78. The van der Waals surface area contributed by atoms with Gasteiger partial charge in [-0.15, -0.1) is 0 Å². The predicted octanol–water partition coefficient (Wildman–Crippen LogP) is 6.14. The van der Waals surface area contributed by atoms with Gasteiger partial charge in [-0.2, -0.15) is 0 Å². The van der Waals surface area contributed by atoms with Gasteiger partial charge < -0.3 is 10.2 Å². The third kappa shape index (κ3) is 7.77. The van der Waals surface area contributed by atoms with E-state index >= 15 is 0 Å². The van der Waals surface area contributed by atoms with E-state index in [9.17, 15) is 18.0 Å². The van der Waals surface area contributed by atoms with E-state index < -0.39 is 28.5 Å². The minimum absolute atomic E-state index is 0.0530. The molecule has 10 heteroatoms. The van der Waals surface area contributed by atoms with Crippen molar-refractivity contribution in [3.8, 4) is 0 Å². The smallest absolute Gasteiger partial charge is 0.264 e. The lowest BCUT2D eigenvalue weighted by Crippen LogP contribution is -2.52. The quantitative estimate of drug-likeness (QED) is 0.269. The van der Waals surface area contributed by atoms with Gasteiger partial charge in [-0.05, 0) is 80.3 Å². The first-order valence-electron chi connectivity index (χ1n) is 13.1. The average molecular weight is 605 g/mol. The molecule has 0 aromatic heterocycles. The summed E-state index contributed by atoms with van der Waals surface area (Å²) >= 11 is 12.2. The summed E-state index contributed by atoms with van der Waals surface area (Å²) in [5.74, 6) is -0.805. The Morgan fingerprint density at radius 3 is 2.10 bits per heavy atom. The molecule has 2 amide bonds. The molecule has 0 saturated heterocycles. The second kappa shape index (κ2) is 14.0. The number of hydrogen-bond donors (Lipinski definition) is 1. The summed E-state index contributed by atoms with van der Waals surface area (Å²) in [5, 5.41) is 3.87. The van der Waals surface area contributed by atoms with Crippen molar-refractivity contribution < 1.29 is 18.0 Å². The third-order valence-electron chi connectivity index (χ3n) is 6.52. The number of nitrogens with one attached hydrogen (secondary N) is 1. The van der Waals surface area contributed by atoms with Crippen molar-refractivity contribution in [3.63, 3.8) is 0 Å². The SMILES string of the molecule is CCCNC(=O)[C@H](CC)N(Cc1ccc(Cl)cc1)C(=O)CN(c1ccc(Cl)cc1C)S(=O)(=O)c1ccc(C)cc1. The summed E-state index contributed by atoms with van der Waals surface area (Å²) in [6.45, 7) is 7.43. The van der Waals surface area contributed by atoms with Gasteiger partial charge in [-0.3, -0.25) is 13.9 Å². The number of hydrogen-bond acceptors (Lipinski definition) is 4. The molecule has 3 rings (SSSR count). The Hall–Kier alpha value is -3.07. The minimum atomic E-state index is -4.16. The maximum absolute atomic E-state index is 14.1. The molecular formula is C30H35Cl2N3O4S. The van der Waals surface area contributed by atoms with Gasteiger partial charge in [-0.25, -0.2) is 8.42 Å². The van der Waals surface area contributed by atoms with Gasteiger partial charge in [0.2, 0.25) is 11.8 Å². The Labute approximate surface area is 247 Å². The van der Waals surface area contributed by atoms with Crippen LogP contribution in [0.2, 0.25) is 10.0 Å². The Morgan fingerprint density at radius 1 is 0.900 bits per heavy atom. The zero-order valence-corrected chi connectivity index (χ0v) is 25.5. The maximum atomic E-state index is 14.1. The minimum Gasteiger partial charge on any atom is -0.354 e. The van der Waals surface area contributed by atoms with E-state index in [-0.39, 0.29) is 17.3 Å². The van der Waals surface area contributed by atoms with Gasteiger partial charge in [0.25, 0.3) is 10.0 Å². The number of halogens is 2. The van der Waals surface area contributed by atoms with E-state index in [1.165, 1.54) is 17.0 Å². The van der Waals surface area contributed by atoms with E-state index in [4.69, 9.17) is 23.2 Å². The van der Waals surface area contributed by atoms with Crippen molar-refractivity contribution in [2.45, 2.75) is 58.0 Å². The summed E-state index contributed by atoms with van der Waals surface area (Å²) in [5.41, 5.74) is 2.58. The van der Waals surface area contributed by atoms with Crippen LogP contribution in [0.3, 0.4) is 0 Å². The van der Waals surface area contributed by atoms with Gasteiger partial charge in [-0.1, -0.05) is 66.9 Å². The highest BCUT2D eigenvalue weighted by Crippen LogP contribution is 2.30. The van der Waals surface area contributed by atoms with Crippen molar-refractivity contribution in [1.82, 2.24) is 10.2 Å². The highest BCUT2D eigenvalue weighted by Gasteiger charge is 2.34. The molecule has 214 valence electrons. The first-order valence-corrected chi connectivity index (χ1v) is 15.3. The van der Waals surface area contributed by atoms with Gasteiger partial charge in [0.1, 0.15) is 12.6 Å². The van der Waals surface area contributed by atoms with Crippen LogP contribution in [0.4, 0.5) is 5.69 Å². The summed E-state index contributed by atoms with van der Waals surface area (Å²) < 4.78 is 29.1. The van der Waals surface area contributed by atoms with Crippen LogP contribution in [0.5, 0.6) is 0 Å². The number of amides is 2. The van der Waals surface area contributed by atoms with E-state index in [0.717, 1.165) is 21.9 Å². The Morgan fingerprint density at radius 2 is 1.52 bits per heavy atom. The molecule has 0 spiro atoms. The lowest BCUT2D eigenvalue weighted by Gasteiger charge is -2.33. The molecule has 40 heavy (non-hydrogen) atoms. The Bertz CT molecular complexity index is 1430. The fourth-order valence-corrected chi connectivity index (χ4v) is 6.15. The Balaban J connectivity index is 2.08. The van der Waals surface area contributed by atoms with Crippen LogP contribution in [-0.4, -0.2) is 44.3 Å². The molecule has 0 heterocycles. The molecule has 0 saturated carbocycles. The predicted molar refractivity (Wildman–Crippen MR) is 161 cm³/mol. The molecule has 0 aliphatic rings. The fraction of sp³-hybridized carbons (Fsp3) is 0.333. The van der Waals surface area contributed by atoms with Crippen molar-refractivity contribution in [2.24, 2.45) is 0 Å². The van der Waals surface area contributed by atoms with Crippen LogP contribution in [0, 0.1) is 13.8 Å². The van der Waals surface area contributed by atoms with Gasteiger partial charge in [0, 0.05) is 23.1 Å². The number of aryl methyl sites for hydroxylation is 2. The molecule has 0 aliphatic heterocycles. The van der Waals surface area contributed by atoms with E-state index in [2.05, 4.69) is 5.32 Å². The number of sulfonamides is 1. The molecule has 7 nitrogen and oxygen atoms in total. The first kappa shape index (κ1) is 31.5. The summed E-state index contributed by atoms with van der Waals surface area (Å²) in [6.07, 6.45) is 1.09. The van der Waals surface area contributed by atoms with E-state index in [1.807, 2.05) is 20.8 Å². The van der Waals surface area contributed by atoms with Crippen LogP contribution >= 0.6 is 23.2 Å². The lowest BCUT2D eigenvalue weighted by atomic mass is 10.1. The molecule has 0 bridgehead atoms. The number of rotatable bonds is 12. The first-order chi connectivity index (χ1) is 19.0. The standard InChI is InChI=1S/C30H35Cl2N3O4S/c1-5-17-33-30(37)27(6-2)34(19-23-9-11-24(31)12-10-23)29(36)20-35(28-16-13-25(32)18-22(28)4)40(38,39)26-14-7-21(3)8-15-26/h7-16,18,27H,5-6,17,19-20H2,1-4H3,(H,33,37)/t27-/m0/s1. The van der Waals surface area contributed by atoms with E-state index in [0.29, 0.717) is 34.3 Å². The van der Waals surface area contributed by atoms with E-state index in [1.54, 1.807) is 61.5 Å². The van der Waals surface area contributed by atoms with Crippen molar-refractivity contribution in [2.75, 3.05) is 17.4 Å².